The van der Waals surface area contributed by atoms with Crippen LogP contribution in [0, 0.1) is 10.1 Å². The number of carbonyl (C=O) groups excluding carboxylic acids is 1. The minimum atomic E-state index is -0.555. The number of nitro benzene ring substituents is 1. The molecule has 7 heteroatoms. The molecule has 0 fully saturated rings. The molecule has 1 atom stereocenters. The van der Waals surface area contributed by atoms with Gasteiger partial charge < -0.3 is 15.4 Å². The normalized spacial score (nSPS) is 11.8. The van der Waals surface area contributed by atoms with Gasteiger partial charge in [0.2, 0.25) is 0 Å². The molecule has 1 aromatic rings. The molecule has 0 aromatic heterocycles. The number of methoxy groups -OCH3 is 1. The summed E-state index contributed by atoms with van der Waals surface area (Å²) in [7, 11) is 3.15. The maximum atomic E-state index is 12.1. The Hall–Kier alpha value is -2.15. The molecule has 0 aliphatic heterocycles. The molecule has 1 aromatic carbocycles. The molecule has 1 unspecified atom stereocenters. The van der Waals surface area contributed by atoms with Gasteiger partial charge in [0.05, 0.1) is 4.92 Å². The minimum Gasteiger partial charge on any atom is -0.385 e. The van der Waals surface area contributed by atoms with E-state index in [2.05, 4.69) is 10.6 Å². The van der Waals surface area contributed by atoms with Crippen molar-refractivity contribution in [1.29, 1.82) is 0 Å². The number of hydrogen-bond acceptors (Lipinski definition) is 5. The summed E-state index contributed by atoms with van der Waals surface area (Å²) in [5.74, 6) is -0.461. The van der Waals surface area contributed by atoms with Gasteiger partial charge in [0.1, 0.15) is 11.3 Å². The van der Waals surface area contributed by atoms with E-state index in [1.807, 2.05) is 6.92 Å². The Morgan fingerprint density at radius 1 is 1.50 bits per heavy atom. The third kappa shape index (κ3) is 3.92. The maximum absolute atomic E-state index is 12.1. The zero-order valence-corrected chi connectivity index (χ0v) is 11.8. The second kappa shape index (κ2) is 7.44. The van der Waals surface area contributed by atoms with Crippen molar-refractivity contribution in [2.24, 2.45) is 0 Å². The summed E-state index contributed by atoms with van der Waals surface area (Å²) in [6.07, 6.45) is 0.641. The van der Waals surface area contributed by atoms with Gasteiger partial charge in [0.25, 0.3) is 5.91 Å². The molecule has 1 rings (SSSR count). The molecule has 0 heterocycles. The fourth-order valence-electron chi connectivity index (χ4n) is 1.79. The van der Waals surface area contributed by atoms with Crippen molar-refractivity contribution >= 4 is 17.3 Å². The molecule has 2 N–H and O–H groups in total. The third-order valence-electron chi connectivity index (χ3n) is 2.87. The van der Waals surface area contributed by atoms with Gasteiger partial charge in [-0.2, -0.15) is 0 Å². The molecule has 0 bridgehead atoms. The Morgan fingerprint density at radius 3 is 2.75 bits per heavy atom. The SMILES string of the molecule is CNc1cccc(C(=O)NC(C)CCOC)c1[N+](=O)[O-]. The predicted molar refractivity (Wildman–Crippen MR) is 76.1 cm³/mol. The smallest absolute Gasteiger partial charge is 0.305 e. The van der Waals surface area contributed by atoms with Crippen molar-refractivity contribution in [3.05, 3.63) is 33.9 Å². The Labute approximate surface area is 117 Å². The van der Waals surface area contributed by atoms with Crippen LogP contribution in [0.1, 0.15) is 23.7 Å². The standard InChI is InChI=1S/C13H19N3O4/c1-9(7-8-20-3)15-13(17)10-5-4-6-11(14-2)12(10)16(18)19/h4-6,9,14H,7-8H2,1-3H3,(H,15,17). The highest BCUT2D eigenvalue weighted by atomic mass is 16.6. The lowest BCUT2D eigenvalue weighted by atomic mass is 10.1. The van der Waals surface area contributed by atoms with E-state index >= 15 is 0 Å². The summed E-state index contributed by atoms with van der Waals surface area (Å²) >= 11 is 0. The van der Waals surface area contributed by atoms with E-state index < -0.39 is 10.8 Å². The molecule has 7 nitrogen and oxygen atoms in total. The molecule has 0 aliphatic carbocycles. The topological polar surface area (TPSA) is 93.5 Å². The van der Waals surface area contributed by atoms with Gasteiger partial charge in [-0.3, -0.25) is 14.9 Å². The van der Waals surface area contributed by atoms with Crippen molar-refractivity contribution in [3.63, 3.8) is 0 Å². The monoisotopic (exact) mass is 281 g/mol. The van der Waals surface area contributed by atoms with E-state index in [1.165, 1.54) is 6.07 Å². The highest BCUT2D eigenvalue weighted by Gasteiger charge is 2.24. The predicted octanol–water partition coefficient (Wildman–Crippen LogP) is 1.79. The van der Waals surface area contributed by atoms with Gasteiger partial charge in [-0.15, -0.1) is 0 Å². The quantitative estimate of drug-likeness (QED) is 0.587. The maximum Gasteiger partial charge on any atom is 0.305 e. The molecule has 0 saturated carbocycles. The average Bonchev–Trinajstić information content (AvgIpc) is 2.43. The fourth-order valence-corrected chi connectivity index (χ4v) is 1.79. The second-order valence-corrected chi connectivity index (χ2v) is 4.36. The third-order valence-corrected chi connectivity index (χ3v) is 2.87. The van der Waals surface area contributed by atoms with Crippen molar-refractivity contribution in [2.75, 3.05) is 26.1 Å². The average molecular weight is 281 g/mol. The van der Waals surface area contributed by atoms with Crippen LogP contribution in [0.25, 0.3) is 0 Å². The van der Waals surface area contributed by atoms with Crippen molar-refractivity contribution in [2.45, 2.75) is 19.4 Å². The van der Waals surface area contributed by atoms with Crippen LogP contribution in [-0.4, -0.2) is 37.6 Å². The van der Waals surface area contributed by atoms with Crippen LogP contribution in [0.2, 0.25) is 0 Å². The number of anilines is 1. The molecular weight excluding hydrogens is 262 g/mol. The lowest BCUT2D eigenvalue weighted by Crippen LogP contribution is -2.33. The molecule has 0 spiro atoms. The number of nitro groups is 1. The van der Waals surface area contributed by atoms with Crippen LogP contribution in [0.15, 0.2) is 18.2 Å². The number of nitrogens with zero attached hydrogens (tertiary/aromatic N) is 1. The first kappa shape index (κ1) is 15.9. The Kier molecular flexibility index (Phi) is 5.92. The second-order valence-electron chi connectivity index (χ2n) is 4.36. The van der Waals surface area contributed by atoms with Crippen LogP contribution < -0.4 is 10.6 Å². The number of nitrogens with one attached hydrogen (secondary N) is 2. The van der Waals surface area contributed by atoms with E-state index in [4.69, 9.17) is 4.74 Å². The molecule has 0 radical (unpaired) electrons. The zero-order chi connectivity index (χ0) is 15.1. The van der Waals surface area contributed by atoms with Gasteiger partial charge in [-0.05, 0) is 25.5 Å². The summed E-state index contributed by atoms with van der Waals surface area (Å²) in [6, 6.07) is 4.48. The lowest BCUT2D eigenvalue weighted by Gasteiger charge is -2.14. The van der Waals surface area contributed by atoms with Crippen LogP contribution in [0.4, 0.5) is 11.4 Å². The Morgan fingerprint density at radius 2 is 2.20 bits per heavy atom. The lowest BCUT2D eigenvalue weighted by molar-refractivity contribution is -0.384. The van der Waals surface area contributed by atoms with Gasteiger partial charge in [0, 0.05) is 26.8 Å². The summed E-state index contributed by atoms with van der Waals surface area (Å²) in [6.45, 7) is 2.34. The van der Waals surface area contributed by atoms with Crippen molar-refractivity contribution < 1.29 is 14.5 Å². The summed E-state index contributed by atoms with van der Waals surface area (Å²) < 4.78 is 4.93. The number of rotatable bonds is 7. The first-order valence-electron chi connectivity index (χ1n) is 6.26. The van der Waals surface area contributed by atoms with E-state index in [1.54, 1.807) is 26.3 Å². The summed E-state index contributed by atoms with van der Waals surface area (Å²) in [4.78, 5) is 22.7. The molecular formula is C13H19N3O4. The molecule has 20 heavy (non-hydrogen) atoms. The van der Waals surface area contributed by atoms with Gasteiger partial charge in [-0.25, -0.2) is 0 Å². The van der Waals surface area contributed by atoms with Crippen molar-refractivity contribution in [3.8, 4) is 0 Å². The van der Waals surface area contributed by atoms with E-state index in [-0.39, 0.29) is 17.3 Å². The Bertz CT molecular complexity index is 491. The van der Waals surface area contributed by atoms with Gasteiger partial charge >= 0.3 is 5.69 Å². The van der Waals surface area contributed by atoms with Crippen LogP contribution in [-0.2, 0) is 4.74 Å². The van der Waals surface area contributed by atoms with Gasteiger partial charge in [-0.1, -0.05) is 6.07 Å². The van der Waals surface area contributed by atoms with Crippen LogP contribution in [0.3, 0.4) is 0 Å². The summed E-state index contributed by atoms with van der Waals surface area (Å²) in [5, 5.41) is 16.6. The molecule has 0 aliphatic rings. The van der Waals surface area contributed by atoms with Crippen molar-refractivity contribution in [1.82, 2.24) is 5.32 Å². The number of ether oxygens (including phenoxy) is 1. The van der Waals surface area contributed by atoms with Crippen LogP contribution in [0.5, 0.6) is 0 Å². The highest BCUT2D eigenvalue weighted by molar-refractivity contribution is 6.00. The number of hydrogen-bond donors (Lipinski definition) is 2. The first-order valence-corrected chi connectivity index (χ1v) is 6.26. The summed E-state index contributed by atoms with van der Waals surface area (Å²) in [5.41, 5.74) is 0.143. The number of para-hydroxylation sites is 1. The highest BCUT2D eigenvalue weighted by Crippen LogP contribution is 2.28. The molecule has 1 amide bonds. The Balaban J connectivity index is 2.95. The number of amides is 1. The minimum absolute atomic E-state index is 0.0473. The van der Waals surface area contributed by atoms with E-state index in [9.17, 15) is 14.9 Å². The number of carbonyl (C=O) groups is 1. The molecule has 110 valence electrons. The van der Waals surface area contributed by atoms with Crippen LogP contribution >= 0.6 is 0 Å². The first-order chi connectivity index (χ1) is 9.51. The van der Waals surface area contributed by atoms with E-state index in [0.717, 1.165) is 0 Å². The van der Waals surface area contributed by atoms with E-state index in [0.29, 0.717) is 18.7 Å². The molecule has 0 saturated heterocycles. The van der Waals surface area contributed by atoms with Gasteiger partial charge in [0.15, 0.2) is 0 Å². The fraction of sp³-hybridized carbons (Fsp3) is 0.462. The number of benzene rings is 1. The zero-order valence-electron chi connectivity index (χ0n) is 11.8. The largest absolute Gasteiger partial charge is 0.385 e.